The Morgan fingerprint density at radius 1 is 1.03 bits per heavy atom. The van der Waals surface area contributed by atoms with E-state index in [-0.39, 0.29) is 28.7 Å². The number of carbonyl (C=O) groups excluding carboxylic acids is 1. The summed E-state index contributed by atoms with van der Waals surface area (Å²) in [7, 11) is -3.75. The molecule has 1 fully saturated rings. The molecule has 0 bridgehead atoms. The Hall–Kier alpha value is -2.13. The Morgan fingerprint density at radius 2 is 1.73 bits per heavy atom. The van der Waals surface area contributed by atoms with Crippen LogP contribution in [0.2, 0.25) is 5.02 Å². The molecule has 1 heterocycles. The molecule has 30 heavy (non-hydrogen) atoms. The van der Waals surface area contributed by atoms with E-state index in [0.717, 1.165) is 5.69 Å². The third kappa shape index (κ3) is 5.31. The smallest absolute Gasteiger partial charge is 0.339 e. The highest BCUT2D eigenvalue weighted by Gasteiger charge is 2.29. The summed E-state index contributed by atoms with van der Waals surface area (Å²) in [5.74, 6) is -0.675. The van der Waals surface area contributed by atoms with E-state index in [4.69, 9.17) is 21.1 Å². The van der Waals surface area contributed by atoms with E-state index in [1.165, 1.54) is 22.5 Å². The summed E-state index contributed by atoms with van der Waals surface area (Å²) >= 11 is 6.11. The second-order valence-electron chi connectivity index (χ2n) is 6.70. The minimum atomic E-state index is -3.75. The van der Waals surface area contributed by atoms with Crippen LogP contribution in [0.3, 0.4) is 0 Å². The number of nitrogens with zero attached hydrogens (tertiary/aromatic N) is 2. The van der Waals surface area contributed by atoms with Crippen LogP contribution < -0.4 is 4.90 Å². The minimum Gasteiger partial charge on any atom is -0.460 e. The van der Waals surface area contributed by atoms with Crippen LogP contribution in [0, 0.1) is 0 Å². The summed E-state index contributed by atoms with van der Waals surface area (Å²) in [6.45, 7) is 4.58. The first kappa shape index (κ1) is 22.6. The Morgan fingerprint density at radius 3 is 2.40 bits per heavy atom. The molecule has 0 unspecified atom stereocenters. The fourth-order valence-corrected chi connectivity index (χ4v) is 4.85. The van der Waals surface area contributed by atoms with Gasteiger partial charge in [-0.3, -0.25) is 0 Å². The normalized spacial score (nSPS) is 15.2. The van der Waals surface area contributed by atoms with E-state index in [0.29, 0.717) is 32.8 Å². The number of halogens is 1. The lowest BCUT2D eigenvalue weighted by Crippen LogP contribution is -2.48. The molecule has 2 aromatic carbocycles. The van der Waals surface area contributed by atoms with E-state index >= 15 is 0 Å². The van der Waals surface area contributed by atoms with E-state index in [1.54, 1.807) is 0 Å². The van der Waals surface area contributed by atoms with Crippen LogP contribution in [-0.2, 0) is 19.5 Å². The van der Waals surface area contributed by atoms with Gasteiger partial charge in [-0.1, -0.05) is 29.8 Å². The lowest BCUT2D eigenvalue weighted by molar-refractivity contribution is 0.0335. The topological polar surface area (TPSA) is 76.1 Å². The van der Waals surface area contributed by atoms with Crippen molar-refractivity contribution < 1.29 is 22.7 Å². The number of rotatable bonds is 8. The van der Waals surface area contributed by atoms with Crippen molar-refractivity contribution in [3.8, 4) is 0 Å². The van der Waals surface area contributed by atoms with Crippen LogP contribution in [0.1, 0.15) is 17.3 Å². The number of hydrogen-bond acceptors (Lipinski definition) is 6. The van der Waals surface area contributed by atoms with Crippen molar-refractivity contribution in [1.82, 2.24) is 4.31 Å². The predicted molar refractivity (Wildman–Crippen MR) is 116 cm³/mol. The second-order valence-corrected chi connectivity index (χ2v) is 9.05. The van der Waals surface area contributed by atoms with Crippen LogP contribution >= 0.6 is 11.6 Å². The molecule has 0 aromatic heterocycles. The van der Waals surface area contributed by atoms with Gasteiger partial charge in [-0.2, -0.15) is 4.31 Å². The van der Waals surface area contributed by atoms with Crippen molar-refractivity contribution in [2.75, 3.05) is 50.9 Å². The molecule has 7 nitrogen and oxygen atoms in total. The van der Waals surface area contributed by atoms with Gasteiger partial charge >= 0.3 is 5.97 Å². The molecule has 162 valence electrons. The van der Waals surface area contributed by atoms with Crippen molar-refractivity contribution in [2.24, 2.45) is 0 Å². The van der Waals surface area contributed by atoms with Gasteiger partial charge in [-0.25, -0.2) is 13.2 Å². The van der Waals surface area contributed by atoms with Crippen molar-refractivity contribution in [3.05, 3.63) is 59.1 Å². The Kier molecular flexibility index (Phi) is 7.71. The summed E-state index contributed by atoms with van der Waals surface area (Å²) < 4.78 is 37.9. The summed E-state index contributed by atoms with van der Waals surface area (Å²) in [5, 5.41) is 0.143. The van der Waals surface area contributed by atoms with Crippen LogP contribution in [0.25, 0.3) is 0 Å². The van der Waals surface area contributed by atoms with E-state index in [9.17, 15) is 13.2 Å². The lowest BCUT2D eigenvalue weighted by Gasteiger charge is -2.35. The number of carbonyl (C=O) groups is 1. The summed E-state index contributed by atoms with van der Waals surface area (Å²) in [6.07, 6.45) is 0. The maximum absolute atomic E-state index is 13.1. The molecular formula is C21H25ClN2O5S. The van der Waals surface area contributed by atoms with Crippen molar-refractivity contribution in [2.45, 2.75) is 11.8 Å². The first-order chi connectivity index (χ1) is 14.4. The summed E-state index contributed by atoms with van der Waals surface area (Å²) in [4.78, 5) is 14.5. The van der Waals surface area contributed by atoms with Crippen LogP contribution in [-0.4, -0.2) is 64.7 Å². The lowest BCUT2D eigenvalue weighted by atomic mass is 10.2. The highest BCUT2D eigenvalue weighted by molar-refractivity contribution is 7.89. The maximum Gasteiger partial charge on any atom is 0.339 e. The molecule has 1 aliphatic heterocycles. The third-order valence-corrected chi connectivity index (χ3v) is 7.04. The van der Waals surface area contributed by atoms with Gasteiger partial charge in [0, 0.05) is 38.5 Å². The zero-order valence-corrected chi connectivity index (χ0v) is 18.4. The van der Waals surface area contributed by atoms with Gasteiger partial charge in [-0.15, -0.1) is 0 Å². The van der Waals surface area contributed by atoms with Gasteiger partial charge in [0.15, 0.2) is 0 Å². The highest BCUT2D eigenvalue weighted by atomic mass is 35.5. The number of esters is 1. The first-order valence-electron chi connectivity index (χ1n) is 9.78. The number of benzene rings is 2. The average molecular weight is 453 g/mol. The standard InChI is InChI=1S/C21H25ClN2O5S/c1-2-28-14-15-29-21(25)19-16-18(8-9-20(19)22)30(26,27)24-12-10-23(11-13-24)17-6-4-3-5-7-17/h3-9,16H,2,10-15H2,1H3. The van der Waals surface area contributed by atoms with Crippen LogP contribution in [0.15, 0.2) is 53.4 Å². The van der Waals surface area contributed by atoms with Crippen LogP contribution in [0.4, 0.5) is 5.69 Å². The van der Waals surface area contributed by atoms with Crippen molar-refractivity contribution >= 4 is 33.3 Å². The largest absolute Gasteiger partial charge is 0.460 e. The Bertz CT molecular complexity index is 961. The number of ether oxygens (including phenoxy) is 2. The van der Waals surface area contributed by atoms with Gasteiger partial charge in [0.2, 0.25) is 10.0 Å². The van der Waals surface area contributed by atoms with Crippen molar-refractivity contribution in [1.29, 1.82) is 0 Å². The third-order valence-electron chi connectivity index (χ3n) is 4.82. The summed E-state index contributed by atoms with van der Waals surface area (Å²) in [6, 6.07) is 14.0. The molecule has 3 rings (SSSR count). The molecule has 0 aliphatic carbocycles. The van der Waals surface area contributed by atoms with Crippen LogP contribution in [0.5, 0.6) is 0 Å². The number of piperazine rings is 1. The molecule has 2 aromatic rings. The van der Waals surface area contributed by atoms with Gasteiger partial charge in [0.05, 0.1) is 22.1 Å². The molecule has 1 saturated heterocycles. The van der Waals surface area contributed by atoms with E-state index in [2.05, 4.69) is 4.90 Å². The molecule has 0 amide bonds. The molecule has 0 N–H and O–H groups in total. The SMILES string of the molecule is CCOCCOC(=O)c1cc(S(=O)(=O)N2CCN(c3ccccc3)CC2)ccc1Cl. The predicted octanol–water partition coefficient (Wildman–Crippen LogP) is 3.04. The second kappa shape index (κ2) is 10.3. The van der Waals surface area contributed by atoms with Crippen molar-refractivity contribution in [3.63, 3.8) is 0 Å². The monoisotopic (exact) mass is 452 g/mol. The van der Waals surface area contributed by atoms with E-state index < -0.39 is 16.0 Å². The fraction of sp³-hybridized carbons (Fsp3) is 0.381. The average Bonchev–Trinajstić information content (AvgIpc) is 2.77. The van der Waals surface area contributed by atoms with Gasteiger partial charge in [-0.05, 0) is 37.3 Å². The minimum absolute atomic E-state index is 0.0248. The first-order valence-corrected chi connectivity index (χ1v) is 11.6. The number of hydrogen-bond donors (Lipinski definition) is 0. The molecule has 0 spiro atoms. The van der Waals surface area contributed by atoms with Gasteiger partial charge in [0.25, 0.3) is 0 Å². The maximum atomic E-state index is 13.1. The number of sulfonamides is 1. The van der Waals surface area contributed by atoms with Gasteiger partial charge < -0.3 is 14.4 Å². The zero-order valence-electron chi connectivity index (χ0n) is 16.8. The molecule has 9 heteroatoms. The highest BCUT2D eigenvalue weighted by Crippen LogP contribution is 2.25. The quantitative estimate of drug-likeness (QED) is 0.452. The Balaban J connectivity index is 1.69. The van der Waals surface area contributed by atoms with Gasteiger partial charge in [0.1, 0.15) is 6.61 Å². The molecule has 1 aliphatic rings. The number of para-hydroxylation sites is 1. The summed E-state index contributed by atoms with van der Waals surface area (Å²) in [5.41, 5.74) is 1.09. The molecule has 0 radical (unpaired) electrons. The number of anilines is 1. The molecular weight excluding hydrogens is 428 g/mol. The van der Waals surface area contributed by atoms with E-state index in [1.807, 2.05) is 37.3 Å². The fourth-order valence-electron chi connectivity index (χ4n) is 3.21. The molecule has 0 saturated carbocycles. The zero-order chi connectivity index (χ0) is 21.6. The molecule has 0 atom stereocenters. The Labute approximate surface area is 182 Å².